The van der Waals surface area contributed by atoms with E-state index in [1.165, 1.54) is 19.2 Å². The van der Waals surface area contributed by atoms with E-state index in [9.17, 15) is 14.3 Å². The fourth-order valence-corrected chi connectivity index (χ4v) is 1.89. The third kappa shape index (κ3) is 3.79. The molecule has 0 aliphatic carbocycles. The van der Waals surface area contributed by atoms with Crippen molar-refractivity contribution >= 4 is 5.91 Å². The van der Waals surface area contributed by atoms with Crippen molar-refractivity contribution in [1.82, 2.24) is 5.32 Å². The summed E-state index contributed by atoms with van der Waals surface area (Å²) >= 11 is 0. The molecule has 110 valence electrons. The highest BCUT2D eigenvalue weighted by Crippen LogP contribution is 2.18. The van der Waals surface area contributed by atoms with Crippen LogP contribution in [0.25, 0.3) is 0 Å². The first-order valence-electron chi connectivity index (χ1n) is 6.45. The summed E-state index contributed by atoms with van der Waals surface area (Å²) in [5.41, 5.74) is 1.10. The predicted molar refractivity (Wildman–Crippen MR) is 76.2 cm³/mol. The van der Waals surface area contributed by atoms with Crippen LogP contribution in [0, 0.1) is 5.82 Å². The minimum absolute atomic E-state index is 0.129. The Hall–Kier alpha value is -2.40. The smallest absolute Gasteiger partial charge is 0.253 e. The molecule has 2 N–H and O–H groups in total. The van der Waals surface area contributed by atoms with E-state index >= 15 is 0 Å². The lowest BCUT2D eigenvalue weighted by Crippen LogP contribution is -2.28. The lowest BCUT2D eigenvalue weighted by Gasteiger charge is -2.12. The van der Waals surface area contributed by atoms with Gasteiger partial charge in [-0.15, -0.1) is 0 Å². The number of hydrogen-bond donors (Lipinski definition) is 2. The Morgan fingerprint density at radius 3 is 2.62 bits per heavy atom. The van der Waals surface area contributed by atoms with Crippen molar-refractivity contribution in [2.75, 3.05) is 7.11 Å². The quantitative estimate of drug-likeness (QED) is 0.887. The summed E-state index contributed by atoms with van der Waals surface area (Å²) < 4.78 is 18.3. The van der Waals surface area contributed by atoms with Crippen LogP contribution < -0.4 is 10.1 Å². The molecule has 0 aromatic heterocycles. The number of hydrogen-bond acceptors (Lipinski definition) is 3. The molecule has 5 heteroatoms. The van der Waals surface area contributed by atoms with Gasteiger partial charge in [0, 0.05) is 6.54 Å². The zero-order valence-corrected chi connectivity index (χ0v) is 11.5. The summed E-state index contributed by atoms with van der Waals surface area (Å²) in [6.45, 7) is 0.129. The van der Waals surface area contributed by atoms with E-state index in [0.717, 1.165) is 0 Å². The second-order valence-corrected chi connectivity index (χ2v) is 4.50. The molecule has 0 radical (unpaired) electrons. The van der Waals surface area contributed by atoms with Gasteiger partial charge in [-0.3, -0.25) is 4.79 Å². The maximum Gasteiger partial charge on any atom is 0.253 e. The van der Waals surface area contributed by atoms with E-state index in [4.69, 9.17) is 4.74 Å². The van der Waals surface area contributed by atoms with Crippen molar-refractivity contribution in [2.24, 2.45) is 0 Å². The molecule has 2 rings (SSSR count). The zero-order valence-electron chi connectivity index (χ0n) is 11.5. The number of ether oxygens (including phenoxy) is 1. The van der Waals surface area contributed by atoms with E-state index in [0.29, 0.717) is 11.1 Å². The molecule has 21 heavy (non-hydrogen) atoms. The molecule has 0 fully saturated rings. The molecule has 2 aromatic rings. The molecular weight excluding hydrogens is 273 g/mol. The third-order valence-electron chi connectivity index (χ3n) is 3.05. The number of amides is 1. The summed E-state index contributed by atoms with van der Waals surface area (Å²) in [5.74, 6) is -0.875. The maximum absolute atomic E-state index is 13.5. The van der Waals surface area contributed by atoms with Gasteiger partial charge in [-0.25, -0.2) is 4.39 Å². The van der Waals surface area contributed by atoms with Gasteiger partial charge in [0.2, 0.25) is 0 Å². The van der Waals surface area contributed by atoms with Crippen LogP contribution in [0.4, 0.5) is 4.39 Å². The van der Waals surface area contributed by atoms with E-state index < -0.39 is 17.8 Å². The molecular formula is C16H16FNO3. The van der Waals surface area contributed by atoms with E-state index in [1.54, 1.807) is 36.4 Å². The Morgan fingerprint density at radius 2 is 2.00 bits per heavy atom. The molecule has 4 nitrogen and oxygen atoms in total. The first-order chi connectivity index (χ1) is 10.1. The summed E-state index contributed by atoms with van der Waals surface area (Å²) in [6.07, 6.45) is -1.24. The number of carbonyl (C=O) groups is 1. The molecule has 0 aliphatic heterocycles. The molecule has 0 saturated carbocycles. The largest absolute Gasteiger partial charge is 0.494 e. The minimum atomic E-state index is -1.24. The number of methoxy groups -OCH3 is 1. The number of nitrogens with one attached hydrogen (secondary N) is 1. The fraction of sp³-hybridized carbons (Fsp3) is 0.188. The van der Waals surface area contributed by atoms with Crippen LogP contribution in [-0.2, 0) is 11.3 Å². The lowest BCUT2D eigenvalue weighted by molar-refractivity contribution is -0.129. The van der Waals surface area contributed by atoms with Crippen LogP contribution in [0.1, 0.15) is 17.2 Å². The maximum atomic E-state index is 13.5. The highest BCUT2D eigenvalue weighted by Gasteiger charge is 2.16. The van der Waals surface area contributed by atoms with Gasteiger partial charge < -0.3 is 15.2 Å². The SMILES string of the molecule is COc1ccc(CNC(=O)C(O)c2ccccc2)cc1F. The van der Waals surface area contributed by atoms with Gasteiger partial charge in [0.15, 0.2) is 17.7 Å². The Kier molecular flexibility index (Phi) is 4.90. The topological polar surface area (TPSA) is 58.6 Å². The van der Waals surface area contributed by atoms with Gasteiger partial charge in [-0.2, -0.15) is 0 Å². The second-order valence-electron chi connectivity index (χ2n) is 4.50. The van der Waals surface area contributed by atoms with Gasteiger partial charge in [-0.1, -0.05) is 36.4 Å². The summed E-state index contributed by atoms with van der Waals surface area (Å²) in [7, 11) is 1.39. The number of aliphatic hydroxyl groups excluding tert-OH is 1. The van der Waals surface area contributed by atoms with E-state index in [-0.39, 0.29) is 12.3 Å². The molecule has 0 heterocycles. The van der Waals surface area contributed by atoms with Crippen molar-refractivity contribution in [3.63, 3.8) is 0 Å². The van der Waals surface area contributed by atoms with E-state index in [2.05, 4.69) is 5.32 Å². The first-order valence-corrected chi connectivity index (χ1v) is 6.45. The third-order valence-corrected chi connectivity index (χ3v) is 3.05. The number of rotatable bonds is 5. The van der Waals surface area contributed by atoms with Crippen molar-refractivity contribution in [3.05, 3.63) is 65.5 Å². The Balaban J connectivity index is 1.96. The van der Waals surface area contributed by atoms with Gasteiger partial charge in [0.05, 0.1) is 7.11 Å². The summed E-state index contributed by atoms with van der Waals surface area (Å²) in [6, 6.07) is 13.0. The normalized spacial score (nSPS) is 11.8. The van der Waals surface area contributed by atoms with Gasteiger partial charge >= 0.3 is 0 Å². The molecule has 2 aromatic carbocycles. The van der Waals surface area contributed by atoms with Gasteiger partial charge in [0.25, 0.3) is 5.91 Å². The highest BCUT2D eigenvalue weighted by atomic mass is 19.1. The van der Waals surface area contributed by atoms with Crippen LogP contribution in [0.15, 0.2) is 48.5 Å². The Labute approximate surface area is 122 Å². The fourth-order valence-electron chi connectivity index (χ4n) is 1.89. The number of carbonyl (C=O) groups excluding carboxylic acids is 1. The molecule has 1 atom stereocenters. The second kappa shape index (κ2) is 6.85. The zero-order chi connectivity index (χ0) is 15.2. The molecule has 0 bridgehead atoms. The van der Waals surface area contributed by atoms with Crippen LogP contribution in [-0.4, -0.2) is 18.1 Å². The average molecular weight is 289 g/mol. The Morgan fingerprint density at radius 1 is 1.29 bits per heavy atom. The molecule has 0 saturated heterocycles. The number of aliphatic hydroxyl groups is 1. The number of halogens is 1. The summed E-state index contributed by atoms with van der Waals surface area (Å²) in [5, 5.41) is 12.5. The van der Waals surface area contributed by atoms with Crippen LogP contribution in [0.5, 0.6) is 5.75 Å². The highest BCUT2D eigenvalue weighted by molar-refractivity contribution is 5.81. The number of benzene rings is 2. The van der Waals surface area contributed by atoms with Gasteiger partial charge in [-0.05, 0) is 23.3 Å². The molecule has 0 aliphatic rings. The minimum Gasteiger partial charge on any atom is -0.494 e. The van der Waals surface area contributed by atoms with Gasteiger partial charge in [0.1, 0.15) is 0 Å². The standard InChI is InChI=1S/C16H16FNO3/c1-21-14-8-7-11(9-13(14)17)10-18-16(20)15(19)12-5-3-2-4-6-12/h2-9,15,19H,10H2,1H3,(H,18,20). The lowest BCUT2D eigenvalue weighted by atomic mass is 10.1. The van der Waals surface area contributed by atoms with Crippen LogP contribution in [0.2, 0.25) is 0 Å². The van der Waals surface area contributed by atoms with Crippen molar-refractivity contribution in [3.8, 4) is 5.75 Å². The molecule has 0 spiro atoms. The average Bonchev–Trinajstić information content (AvgIpc) is 2.52. The molecule has 1 amide bonds. The van der Waals surface area contributed by atoms with Crippen molar-refractivity contribution in [1.29, 1.82) is 0 Å². The Bertz CT molecular complexity index is 616. The van der Waals surface area contributed by atoms with Crippen molar-refractivity contribution < 1.29 is 19.0 Å². The summed E-state index contributed by atoms with van der Waals surface area (Å²) in [4.78, 5) is 11.8. The van der Waals surface area contributed by atoms with Crippen molar-refractivity contribution in [2.45, 2.75) is 12.6 Å². The molecule has 1 unspecified atom stereocenters. The van der Waals surface area contributed by atoms with E-state index in [1.807, 2.05) is 0 Å². The monoisotopic (exact) mass is 289 g/mol. The predicted octanol–water partition coefficient (Wildman–Crippen LogP) is 2.18. The van der Waals surface area contributed by atoms with Crippen LogP contribution in [0.3, 0.4) is 0 Å². The van der Waals surface area contributed by atoms with Crippen LogP contribution >= 0.6 is 0 Å². The first kappa shape index (κ1) is 15.0.